The minimum Gasteiger partial charge on any atom is -0.324 e. The molecule has 9 heteroatoms. The van der Waals surface area contributed by atoms with Gasteiger partial charge in [-0.15, -0.1) is 11.8 Å². The lowest BCUT2D eigenvalue weighted by atomic mass is 9.86. The fourth-order valence-corrected chi connectivity index (χ4v) is 6.07. The van der Waals surface area contributed by atoms with Gasteiger partial charge in [-0.3, -0.25) is 4.79 Å². The van der Waals surface area contributed by atoms with Crippen LogP contribution in [0.2, 0.25) is 0 Å². The molecule has 2 aromatic carbocycles. The first-order valence-electron chi connectivity index (χ1n) is 11.7. The summed E-state index contributed by atoms with van der Waals surface area (Å²) >= 11 is 1.75. The Balaban J connectivity index is 1.40. The summed E-state index contributed by atoms with van der Waals surface area (Å²) in [6, 6.07) is 12.0. The standard InChI is InChI=1S/C26H30F3N3O2S/c1-24(2,3)19-9-7-18(8-10-19)22(33)32-15-16-35-25(32)11-13-31(14-12-25)23(34)30-21-6-4-5-20(17-21)26(27,28)29/h4-10,17H,11-16H2,1-3H3,(H,30,34). The second-order valence-corrected chi connectivity index (χ2v) is 11.5. The minimum atomic E-state index is -4.47. The van der Waals surface area contributed by atoms with E-state index in [1.807, 2.05) is 29.2 Å². The van der Waals surface area contributed by atoms with Crippen molar-refractivity contribution >= 4 is 29.4 Å². The van der Waals surface area contributed by atoms with E-state index in [1.54, 1.807) is 16.7 Å². The van der Waals surface area contributed by atoms with Gasteiger partial charge in [0.15, 0.2) is 0 Å². The highest BCUT2D eigenvalue weighted by atomic mass is 32.2. The van der Waals surface area contributed by atoms with E-state index in [9.17, 15) is 22.8 Å². The van der Waals surface area contributed by atoms with Crippen molar-refractivity contribution in [3.05, 3.63) is 65.2 Å². The zero-order chi connectivity index (χ0) is 25.4. The number of hydrogen-bond acceptors (Lipinski definition) is 3. The molecule has 2 fully saturated rings. The fraction of sp³-hybridized carbons (Fsp3) is 0.462. The van der Waals surface area contributed by atoms with E-state index < -0.39 is 17.8 Å². The normalized spacial score (nSPS) is 18.1. The summed E-state index contributed by atoms with van der Waals surface area (Å²) < 4.78 is 38.9. The summed E-state index contributed by atoms with van der Waals surface area (Å²) in [4.78, 5) is 29.3. The Morgan fingerprint density at radius 1 is 0.943 bits per heavy atom. The maximum absolute atomic E-state index is 13.4. The SMILES string of the molecule is CC(C)(C)c1ccc(C(=O)N2CCSC23CCN(C(=O)Nc2cccc(C(F)(F)F)c2)CC3)cc1. The number of alkyl halides is 3. The lowest BCUT2D eigenvalue weighted by Crippen LogP contribution is -2.54. The Bertz CT molecular complexity index is 1090. The van der Waals surface area contributed by atoms with Gasteiger partial charge in [0, 0.05) is 36.6 Å². The number of urea groups is 1. The first-order valence-corrected chi connectivity index (χ1v) is 12.7. The van der Waals surface area contributed by atoms with Gasteiger partial charge in [-0.2, -0.15) is 13.2 Å². The van der Waals surface area contributed by atoms with Crippen LogP contribution in [-0.2, 0) is 11.6 Å². The van der Waals surface area contributed by atoms with Crippen molar-refractivity contribution in [3.63, 3.8) is 0 Å². The van der Waals surface area contributed by atoms with Crippen molar-refractivity contribution in [3.8, 4) is 0 Å². The predicted molar refractivity (Wildman–Crippen MR) is 133 cm³/mol. The van der Waals surface area contributed by atoms with E-state index in [2.05, 4.69) is 26.1 Å². The summed E-state index contributed by atoms with van der Waals surface area (Å²) in [6.07, 6.45) is -3.25. The lowest BCUT2D eigenvalue weighted by molar-refractivity contribution is -0.137. The molecule has 0 aromatic heterocycles. The van der Waals surface area contributed by atoms with Crippen molar-refractivity contribution in [1.29, 1.82) is 0 Å². The van der Waals surface area contributed by atoms with E-state index >= 15 is 0 Å². The first-order chi connectivity index (χ1) is 16.4. The summed E-state index contributed by atoms with van der Waals surface area (Å²) in [6.45, 7) is 7.89. The molecule has 1 spiro atoms. The van der Waals surface area contributed by atoms with Crippen molar-refractivity contribution in [2.75, 3.05) is 30.7 Å². The lowest BCUT2D eigenvalue weighted by Gasteiger charge is -2.44. The maximum Gasteiger partial charge on any atom is 0.416 e. The highest BCUT2D eigenvalue weighted by Gasteiger charge is 2.47. The van der Waals surface area contributed by atoms with Crippen LogP contribution in [0.5, 0.6) is 0 Å². The molecule has 0 atom stereocenters. The topological polar surface area (TPSA) is 52.7 Å². The fourth-order valence-electron chi connectivity index (χ4n) is 4.61. The first kappa shape index (κ1) is 25.4. The number of carbonyl (C=O) groups is 2. The van der Waals surface area contributed by atoms with Crippen LogP contribution in [-0.4, -0.2) is 52.0 Å². The zero-order valence-electron chi connectivity index (χ0n) is 20.1. The Labute approximate surface area is 208 Å². The highest BCUT2D eigenvalue weighted by molar-refractivity contribution is 8.00. The summed E-state index contributed by atoms with van der Waals surface area (Å²) in [5, 5.41) is 2.58. The molecule has 35 heavy (non-hydrogen) atoms. The number of halogens is 3. The highest BCUT2D eigenvalue weighted by Crippen LogP contribution is 2.44. The number of hydrogen-bond donors (Lipinski definition) is 1. The number of piperidine rings is 1. The monoisotopic (exact) mass is 505 g/mol. The predicted octanol–water partition coefficient (Wildman–Crippen LogP) is 6.22. The molecule has 2 aliphatic rings. The second kappa shape index (κ2) is 9.41. The van der Waals surface area contributed by atoms with E-state index in [0.717, 1.165) is 17.9 Å². The molecule has 2 heterocycles. The van der Waals surface area contributed by atoms with Gasteiger partial charge >= 0.3 is 12.2 Å². The Kier molecular flexibility index (Phi) is 6.83. The molecule has 0 saturated carbocycles. The third kappa shape index (κ3) is 5.44. The second-order valence-electron chi connectivity index (χ2n) is 10.1. The molecular formula is C26H30F3N3O2S. The van der Waals surface area contributed by atoms with Crippen LogP contribution in [0.4, 0.5) is 23.7 Å². The van der Waals surface area contributed by atoms with Gasteiger partial charge in [0.1, 0.15) is 0 Å². The number of nitrogens with one attached hydrogen (secondary N) is 1. The molecule has 2 aliphatic heterocycles. The van der Waals surface area contributed by atoms with E-state index in [1.165, 1.54) is 17.7 Å². The van der Waals surface area contributed by atoms with Crippen LogP contribution in [0.3, 0.4) is 0 Å². The van der Waals surface area contributed by atoms with Gasteiger partial charge in [0.05, 0.1) is 10.4 Å². The number of anilines is 1. The molecule has 0 aliphatic carbocycles. The number of nitrogens with zero attached hydrogens (tertiary/aromatic N) is 2. The van der Waals surface area contributed by atoms with Gasteiger partial charge in [0.25, 0.3) is 5.91 Å². The van der Waals surface area contributed by atoms with Crippen LogP contribution in [0.15, 0.2) is 48.5 Å². The average Bonchev–Trinajstić information content (AvgIpc) is 3.21. The Morgan fingerprint density at radius 2 is 1.60 bits per heavy atom. The van der Waals surface area contributed by atoms with Gasteiger partial charge in [-0.25, -0.2) is 4.79 Å². The Morgan fingerprint density at radius 3 is 2.20 bits per heavy atom. The molecule has 3 amide bonds. The van der Waals surface area contributed by atoms with E-state index in [4.69, 9.17) is 0 Å². The molecule has 1 N–H and O–H groups in total. The number of thioether (sulfide) groups is 1. The summed E-state index contributed by atoms with van der Waals surface area (Å²) in [5.74, 6) is 0.833. The van der Waals surface area contributed by atoms with Crippen molar-refractivity contribution < 1.29 is 22.8 Å². The molecule has 0 unspecified atom stereocenters. The Hall–Kier alpha value is -2.68. The number of benzene rings is 2. The third-order valence-corrected chi connectivity index (χ3v) is 8.25. The van der Waals surface area contributed by atoms with Gasteiger partial charge < -0.3 is 15.1 Å². The van der Waals surface area contributed by atoms with Crippen molar-refractivity contribution in [2.24, 2.45) is 0 Å². The smallest absolute Gasteiger partial charge is 0.324 e. The molecule has 4 rings (SSSR count). The summed E-state index contributed by atoms with van der Waals surface area (Å²) in [7, 11) is 0. The molecule has 0 radical (unpaired) electrons. The van der Waals surface area contributed by atoms with Crippen LogP contribution < -0.4 is 5.32 Å². The zero-order valence-corrected chi connectivity index (χ0v) is 20.9. The van der Waals surface area contributed by atoms with Crippen molar-refractivity contribution in [1.82, 2.24) is 9.80 Å². The maximum atomic E-state index is 13.4. The third-order valence-electron chi connectivity index (χ3n) is 6.69. The quantitative estimate of drug-likeness (QED) is 0.528. The summed E-state index contributed by atoms with van der Waals surface area (Å²) in [5.41, 5.74) is 1.13. The number of rotatable bonds is 2. The molecular weight excluding hydrogens is 475 g/mol. The molecule has 0 bridgehead atoms. The van der Waals surface area contributed by atoms with E-state index in [0.29, 0.717) is 38.0 Å². The van der Waals surface area contributed by atoms with E-state index in [-0.39, 0.29) is 21.9 Å². The average molecular weight is 506 g/mol. The van der Waals surface area contributed by atoms with Crippen LogP contribution >= 0.6 is 11.8 Å². The molecule has 2 aromatic rings. The van der Waals surface area contributed by atoms with Crippen LogP contribution in [0, 0.1) is 0 Å². The number of likely N-dealkylation sites (tertiary alicyclic amines) is 1. The van der Waals surface area contributed by atoms with Crippen LogP contribution in [0.1, 0.15) is 55.1 Å². The number of carbonyl (C=O) groups excluding carboxylic acids is 2. The molecule has 2 saturated heterocycles. The molecule has 5 nitrogen and oxygen atoms in total. The van der Waals surface area contributed by atoms with Crippen molar-refractivity contribution in [2.45, 2.75) is 50.1 Å². The largest absolute Gasteiger partial charge is 0.416 e. The molecule has 188 valence electrons. The van der Waals surface area contributed by atoms with Gasteiger partial charge in [-0.05, 0) is 54.2 Å². The minimum absolute atomic E-state index is 0.00248. The van der Waals surface area contributed by atoms with Gasteiger partial charge in [0.2, 0.25) is 0 Å². The van der Waals surface area contributed by atoms with Gasteiger partial charge in [-0.1, -0.05) is 39.0 Å². The van der Waals surface area contributed by atoms with Crippen LogP contribution in [0.25, 0.3) is 0 Å². The number of amides is 3.